The van der Waals surface area contributed by atoms with Gasteiger partial charge in [0.05, 0.1) is 23.9 Å². The molecule has 0 aliphatic heterocycles. The third-order valence-electron chi connectivity index (χ3n) is 5.64. The number of hydrogen-bond acceptors (Lipinski definition) is 4. The summed E-state index contributed by atoms with van der Waals surface area (Å²) in [5.74, 6) is -0.680. The summed E-state index contributed by atoms with van der Waals surface area (Å²) >= 11 is 0. The summed E-state index contributed by atoms with van der Waals surface area (Å²) in [6, 6.07) is 0. The molecular weight excluding hydrogens is 368 g/mol. The minimum absolute atomic E-state index is 0.0390. The average Bonchev–Trinajstić information content (AvgIpc) is 2.90. The SMILES string of the molecule is CCCCC[C@](C)(O)/C=C/[C@@H]1[C@@H](C/C=C\CCCC(=O)O)[C@@H](O)C[C@H]1OC(C)C. The van der Waals surface area contributed by atoms with Crippen molar-refractivity contribution in [2.75, 3.05) is 0 Å². The Morgan fingerprint density at radius 1 is 1.24 bits per heavy atom. The molecule has 0 amide bonds. The van der Waals surface area contributed by atoms with Crippen LogP contribution in [0.2, 0.25) is 0 Å². The van der Waals surface area contributed by atoms with Crippen LogP contribution >= 0.6 is 0 Å². The molecule has 0 aromatic rings. The van der Waals surface area contributed by atoms with Crippen molar-refractivity contribution in [3.63, 3.8) is 0 Å². The van der Waals surface area contributed by atoms with Crippen LogP contribution in [-0.2, 0) is 9.53 Å². The van der Waals surface area contributed by atoms with Crippen molar-refractivity contribution < 1.29 is 24.9 Å². The van der Waals surface area contributed by atoms with E-state index < -0.39 is 17.7 Å². The van der Waals surface area contributed by atoms with E-state index in [1.54, 1.807) is 0 Å². The summed E-state index contributed by atoms with van der Waals surface area (Å²) < 4.78 is 6.08. The van der Waals surface area contributed by atoms with Crippen LogP contribution in [0.5, 0.6) is 0 Å². The average molecular weight is 411 g/mol. The van der Waals surface area contributed by atoms with E-state index in [9.17, 15) is 15.0 Å². The highest BCUT2D eigenvalue weighted by Crippen LogP contribution is 2.39. The Morgan fingerprint density at radius 2 is 1.97 bits per heavy atom. The molecule has 1 saturated carbocycles. The molecule has 1 aliphatic rings. The molecule has 29 heavy (non-hydrogen) atoms. The number of aliphatic carboxylic acids is 1. The highest BCUT2D eigenvalue weighted by atomic mass is 16.5. The number of carboxylic acids is 1. The van der Waals surface area contributed by atoms with Crippen molar-refractivity contribution in [1.29, 1.82) is 0 Å². The molecule has 1 rings (SSSR count). The molecular formula is C24H42O5. The van der Waals surface area contributed by atoms with Crippen LogP contribution in [0.4, 0.5) is 0 Å². The van der Waals surface area contributed by atoms with Gasteiger partial charge in [0.2, 0.25) is 0 Å². The van der Waals surface area contributed by atoms with E-state index in [0.717, 1.165) is 38.5 Å². The van der Waals surface area contributed by atoms with Gasteiger partial charge in [0, 0.05) is 18.8 Å². The highest BCUT2D eigenvalue weighted by molar-refractivity contribution is 5.66. The standard InChI is InChI=1S/C24H42O5/c1-5-6-11-15-24(4,28)16-14-20-19(12-9-7-8-10-13-23(26)27)21(25)17-22(20)29-18(2)3/h7,9,14,16,18-22,25,28H,5-6,8,10-13,15,17H2,1-4H3,(H,26,27)/b9-7-,16-14+/t19-,20-,21+,22-,24+/m1/s1. The van der Waals surface area contributed by atoms with Crippen LogP contribution in [-0.4, -0.2) is 45.2 Å². The lowest BCUT2D eigenvalue weighted by atomic mass is 9.87. The quantitative estimate of drug-likeness (QED) is 0.281. The van der Waals surface area contributed by atoms with E-state index >= 15 is 0 Å². The minimum atomic E-state index is -0.845. The lowest BCUT2D eigenvalue weighted by Crippen LogP contribution is -2.26. The molecule has 1 fully saturated rings. The number of carbonyl (C=O) groups is 1. The maximum Gasteiger partial charge on any atom is 0.303 e. The number of aliphatic hydroxyl groups is 2. The Labute approximate surface area is 176 Å². The van der Waals surface area contributed by atoms with Crippen molar-refractivity contribution in [2.24, 2.45) is 11.8 Å². The van der Waals surface area contributed by atoms with E-state index in [2.05, 4.69) is 13.0 Å². The highest BCUT2D eigenvalue weighted by Gasteiger charge is 2.41. The summed E-state index contributed by atoms with van der Waals surface area (Å²) in [5.41, 5.74) is -0.845. The van der Waals surface area contributed by atoms with Gasteiger partial charge >= 0.3 is 5.97 Å². The van der Waals surface area contributed by atoms with E-state index in [-0.39, 0.29) is 30.5 Å². The lowest BCUT2D eigenvalue weighted by Gasteiger charge is -2.26. The van der Waals surface area contributed by atoms with E-state index in [1.165, 1.54) is 0 Å². The zero-order valence-corrected chi connectivity index (χ0v) is 18.7. The third kappa shape index (κ3) is 10.4. The molecule has 0 aromatic carbocycles. The molecule has 0 unspecified atom stereocenters. The first-order valence-electron chi connectivity index (χ1n) is 11.3. The molecule has 1 aliphatic carbocycles. The summed E-state index contributed by atoms with van der Waals surface area (Å²) in [7, 11) is 0. The fraction of sp³-hybridized carbons (Fsp3) is 0.792. The Morgan fingerprint density at radius 3 is 2.59 bits per heavy atom. The van der Waals surface area contributed by atoms with Crippen molar-refractivity contribution in [3.05, 3.63) is 24.3 Å². The number of allylic oxidation sites excluding steroid dienone is 2. The van der Waals surface area contributed by atoms with Gasteiger partial charge in [0.15, 0.2) is 0 Å². The second-order valence-electron chi connectivity index (χ2n) is 8.93. The zero-order valence-electron chi connectivity index (χ0n) is 18.7. The van der Waals surface area contributed by atoms with E-state index in [1.807, 2.05) is 39.0 Å². The van der Waals surface area contributed by atoms with E-state index in [4.69, 9.17) is 9.84 Å². The number of carboxylic acid groups (broad SMARTS) is 1. The molecule has 168 valence electrons. The van der Waals surface area contributed by atoms with Crippen LogP contribution in [0.25, 0.3) is 0 Å². The van der Waals surface area contributed by atoms with Crippen molar-refractivity contribution in [2.45, 2.75) is 109 Å². The first kappa shape index (κ1) is 25.9. The molecule has 0 bridgehead atoms. The number of aliphatic hydroxyl groups excluding tert-OH is 1. The van der Waals surface area contributed by atoms with Gasteiger partial charge in [-0.2, -0.15) is 0 Å². The molecule has 3 N–H and O–H groups in total. The molecule has 5 heteroatoms. The van der Waals surface area contributed by atoms with Crippen LogP contribution < -0.4 is 0 Å². The van der Waals surface area contributed by atoms with Crippen molar-refractivity contribution >= 4 is 5.97 Å². The maximum atomic E-state index is 10.7. The number of unbranched alkanes of at least 4 members (excludes halogenated alkanes) is 3. The zero-order chi connectivity index (χ0) is 21.9. The van der Waals surface area contributed by atoms with Gasteiger partial charge in [-0.1, -0.05) is 50.5 Å². The number of rotatable bonds is 14. The molecule has 5 nitrogen and oxygen atoms in total. The fourth-order valence-electron chi connectivity index (χ4n) is 4.06. The first-order chi connectivity index (χ1) is 13.7. The Hall–Kier alpha value is -1.17. The fourth-order valence-corrected chi connectivity index (χ4v) is 4.06. The van der Waals surface area contributed by atoms with E-state index in [0.29, 0.717) is 12.8 Å². The van der Waals surface area contributed by atoms with Crippen LogP contribution in [0.15, 0.2) is 24.3 Å². The summed E-state index contributed by atoms with van der Waals surface area (Å²) in [6.45, 7) is 8.01. The maximum absolute atomic E-state index is 10.7. The smallest absolute Gasteiger partial charge is 0.303 e. The second kappa shape index (κ2) is 13.2. The molecule has 0 aromatic heterocycles. The van der Waals surface area contributed by atoms with Gasteiger partial charge in [-0.25, -0.2) is 0 Å². The molecule has 0 saturated heterocycles. The Balaban J connectivity index is 2.76. The van der Waals surface area contributed by atoms with Crippen molar-refractivity contribution in [1.82, 2.24) is 0 Å². The van der Waals surface area contributed by atoms with Gasteiger partial charge in [-0.3, -0.25) is 4.79 Å². The topological polar surface area (TPSA) is 87.0 Å². The minimum Gasteiger partial charge on any atom is -0.481 e. The monoisotopic (exact) mass is 410 g/mol. The number of hydrogen-bond donors (Lipinski definition) is 3. The van der Waals surface area contributed by atoms with Crippen LogP contribution in [0, 0.1) is 11.8 Å². The Kier molecular flexibility index (Phi) is 11.8. The van der Waals surface area contributed by atoms with Gasteiger partial charge in [0.25, 0.3) is 0 Å². The van der Waals surface area contributed by atoms with Gasteiger partial charge in [0.1, 0.15) is 0 Å². The summed E-state index contributed by atoms with van der Waals surface area (Å²) in [4.78, 5) is 10.6. The van der Waals surface area contributed by atoms with Gasteiger partial charge < -0.3 is 20.1 Å². The third-order valence-corrected chi connectivity index (χ3v) is 5.64. The van der Waals surface area contributed by atoms with Gasteiger partial charge in [-0.05, 0) is 52.4 Å². The summed E-state index contributed by atoms with van der Waals surface area (Å²) in [5, 5.41) is 30.0. The summed E-state index contributed by atoms with van der Waals surface area (Å²) in [6.07, 6.45) is 14.4. The largest absolute Gasteiger partial charge is 0.481 e. The van der Waals surface area contributed by atoms with Crippen LogP contribution in [0.3, 0.4) is 0 Å². The number of ether oxygens (including phenoxy) is 1. The molecule has 0 spiro atoms. The van der Waals surface area contributed by atoms with Crippen molar-refractivity contribution in [3.8, 4) is 0 Å². The first-order valence-corrected chi connectivity index (χ1v) is 11.3. The molecule has 0 heterocycles. The van der Waals surface area contributed by atoms with Gasteiger partial charge in [-0.15, -0.1) is 0 Å². The Bertz CT molecular complexity index is 523. The second-order valence-corrected chi connectivity index (χ2v) is 8.93. The predicted octanol–water partition coefficient (Wildman–Crippen LogP) is 4.87. The molecule has 0 radical (unpaired) electrons. The lowest BCUT2D eigenvalue weighted by molar-refractivity contribution is -0.137. The predicted molar refractivity (Wildman–Crippen MR) is 117 cm³/mol. The normalized spacial score (nSPS) is 27.3. The molecule has 5 atom stereocenters. The van der Waals surface area contributed by atoms with Crippen LogP contribution in [0.1, 0.15) is 85.5 Å².